The number of aromatic nitrogens is 2. The molecule has 0 unspecified atom stereocenters. The molecule has 0 bridgehead atoms. The van der Waals surface area contributed by atoms with Gasteiger partial charge in [0.05, 0.1) is 0 Å². The highest BCUT2D eigenvalue weighted by Crippen LogP contribution is 2.26. The number of carbonyl (C=O) groups is 1. The number of fused-ring (bicyclic) bond motifs is 1. The Morgan fingerprint density at radius 1 is 1.33 bits per heavy atom. The number of hydrogen-bond acceptors (Lipinski definition) is 3. The molecule has 5 nitrogen and oxygen atoms in total. The maximum atomic E-state index is 12.9. The number of rotatable bonds is 2. The van der Waals surface area contributed by atoms with Gasteiger partial charge in [0.1, 0.15) is 0 Å². The van der Waals surface area contributed by atoms with Crippen molar-refractivity contribution in [2.75, 3.05) is 13.2 Å². The Kier molecular flexibility index (Phi) is 4.29. The zero-order valence-electron chi connectivity index (χ0n) is 12.8. The van der Waals surface area contributed by atoms with Crippen LogP contribution < -0.4 is 0 Å². The van der Waals surface area contributed by atoms with Gasteiger partial charge in [0.15, 0.2) is 5.69 Å². The van der Waals surface area contributed by atoms with E-state index in [1.165, 1.54) is 12.8 Å². The van der Waals surface area contributed by atoms with E-state index in [9.17, 15) is 9.90 Å². The second kappa shape index (κ2) is 6.18. The van der Waals surface area contributed by atoms with E-state index in [4.69, 9.17) is 0 Å². The number of H-pyrrole nitrogens is 1. The summed E-state index contributed by atoms with van der Waals surface area (Å²) in [6, 6.07) is 0.235. The highest BCUT2D eigenvalue weighted by molar-refractivity contribution is 5.94. The second-order valence-electron chi connectivity index (χ2n) is 6.52. The van der Waals surface area contributed by atoms with Gasteiger partial charge in [0.25, 0.3) is 5.91 Å². The monoisotopic (exact) mass is 291 g/mol. The molecule has 2 atom stereocenters. The lowest BCUT2D eigenvalue weighted by Crippen LogP contribution is -2.46. The lowest BCUT2D eigenvalue weighted by atomic mass is 9.93. The highest BCUT2D eigenvalue weighted by Gasteiger charge is 2.32. The van der Waals surface area contributed by atoms with Crippen molar-refractivity contribution in [2.45, 2.75) is 57.9 Å². The molecule has 2 N–H and O–H groups in total. The fourth-order valence-electron chi connectivity index (χ4n) is 3.58. The number of piperidine rings is 1. The molecule has 1 aromatic heterocycles. The lowest BCUT2D eigenvalue weighted by molar-refractivity contribution is 0.0482. The Morgan fingerprint density at radius 3 is 2.95 bits per heavy atom. The molecule has 21 heavy (non-hydrogen) atoms. The summed E-state index contributed by atoms with van der Waals surface area (Å²) in [5, 5.41) is 16.8. The number of likely N-dealkylation sites (tertiary alicyclic amines) is 1. The van der Waals surface area contributed by atoms with Crippen molar-refractivity contribution in [3.8, 4) is 0 Å². The third-order valence-electron chi connectivity index (χ3n) is 5.01. The molecule has 0 aromatic carbocycles. The van der Waals surface area contributed by atoms with Gasteiger partial charge in [-0.15, -0.1) is 0 Å². The SMILES string of the molecule is C[C@H]1CC[C@@H](CO)CN1C(=O)c1n[nH]c2c1CCCCC2. The molecule has 2 aliphatic rings. The van der Waals surface area contributed by atoms with Gasteiger partial charge in [-0.2, -0.15) is 5.10 Å². The minimum Gasteiger partial charge on any atom is -0.396 e. The van der Waals surface area contributed by atoms with Crippen LogP contribution in [0.4, 0.5) is 0 Å². The molecule has 116 valence electrons. The van der Waals surface area contributed by atoms with Crippen LogP contribution in [0.3, 0.4) is 0 Å². The van der Waals surface area contributed by atoms with Gasteiger partial charge >= 0.3 is 0 Å². The van der Waals surface area contributed by atoms with Gasteiger partial charge in [0.2, 0.25) is 0 Å². The summed E-state index contributed by atoms with van der Waals surface area (Å²) in [5.41, 5.74) is 2.91. The quantitative estimate of drug-likeness (QED) is 0.818. The molecular weight excluding hydrogens is 266 g/mol. The van der Waals surface area contributed by atoms with Crippen LogP contribution in [0.15, 0.2) is 0 Å². The van der Waals surface area contributed by atoms with Crippen LogP contribution in [-0.4, -0.2) is 45.3 Å². The fourth-order valence-corrected chi connectivity index (χ4v) is 3.58. The molecule has 0 saturated carbocycles. The van der Waals surface area contributed by atoms with Gasteiger partial charge in [-0.05, 0) is 51.4 Å². The van der Waals surface area contributed by atoms with E-state index >= 15 is 0 Å². The van der Waals surface area contributed by atoms with Crippen molar-refractivity contribution < 1.29 is 9.90 Å². The van der Waals surface area contributed by atoms with E-state index in [1.807, 2.05) is 4.90 Å². The zero-order valence-corrected chi connectivity index (χ0v) is 12.8. The number of amides is 1. The van der Waals surface area contributed by atoms with Crippen molar-refractivity contribution in [1.82, 2.24) is 15.1 Å². The van der Waals surface area contributed by atoms with E-state index in [0.717, 1.165) is 43.4 Å². The maximum Gasteiger partial charge on any atom is 0.274 e. The first-order valence-electron chi connectivity index (χ1n) is 8.18. The van der Waals surface area contributed by atoms with Gasteiger partial charge in [-0.1, -0.05) is 6.42 Å². The van der Waals surface area contributed by atoms with Crippen LogP contribution in [0.1, 0.15) is 60.8 Å². The number of carbonyl (C=O) groups excluding carboxylic acids is 1. The van der Waals surface area contributed by atoms with Gasteiger partial charge < -0.3 is 10.0 Å². The Labute approximate surface area is 125 Å². The number of aliphatic hydroxyl groups is 1. The van der Waals surface area contributed by atoms with Crippen molar-refractivity contribution in [2.24, 2.45) is 5.92 Å². The smallest absolute Gasteiger partial charge is 0.274 e. The highest BCUT2D eigenvalue weighted by atomic mass is 16.3. The summed E-state index contributed by atoms with van der Waals surface area (Å²) < 4.78 is 0. The Bertz CT molecular complexity index is 512. The van der Waals surface area contributed by atoms with Gasteiger partial charge in [-0.3, -0.25) is 9.89 Å². The summed E-state index contributed by atoms with van der Waals surface area (Å²) in [6.07, 6.45) is 7.46. The largest absolute Gasteiger partial charge is 0.396 e. The average molecular weight is 291 g/mol. The van der Waals surface area contributed by atoms with E-state index in [1.54, 1.807) is 0 Å². The molecule has 1 aromatic rings. The molecule has 1 aliphatic heterocycles. The summed E-state index contributed by atoms with van der Waals surface area (Å²) >= 11 is 0. The van der Waals surface area contributed by atoms with E-state index in [0.29, 0.717) is 12.2 Å². The van der Waals surface area contributed by atoms with E-state index in [-0.39, 0.29) is 24.5 Å². The van der Waals surface area contributed by atoms with Crippen LogP contribution in [0, 0.1) is 5.92 Å². The first kappa shape index (κ1) is 14.6. The molecule has 5 heteroatoms. The van der Waals surface area contributed by atoms with E-state index in [2.05, 4.69) is 17.1 Å². The topological polar surface area (TPSA) is 69.2 Å². The summed E-state index contributed by atoms with van der Waals surface area (Å²) in [7, 11) is 0. The molecule has 1 aliphatic carbocycles. The van der Waals surface area contributed by atoms with Crippen molar-refractivity contribution in [3.05, 3.63) is 17.0 Å². The minimum absolute atomic E-state index is 0.0417. The first-order valence-corrected chi connectivity index (χ1v) is 8.18. The zero-order chi connectivity index (χ0) is 14.8. The summed E-state index contributed by atoms with van der Waals surface area (Å²) in [6.45, 7) is 2.91. The number of hydrogen-bond donors (Lipinski definition) is 2. The van der Waals surface area contributed by atoms with Crippen molar-refractivity contribution >= 4 is 5.91 Å². The minimum atomic E-state index is 0.0417. The third kappa shape index (κ3) is 2.84. The Balaban J connectivity index is 1.83. The van der Waals surface area contributed by atoms with Crippen LogP contribution in [0.5, 0.6) is 0 Å². The predicted molar refractivity (Wildman–Crippen MR) is 80.2 cm³/mol. The van der Waals surface area contributed by atoms with Crippen molar-refractivity contribution in [3.63, 3.8) is 0 Å². The van der Waals surface area contributed by atoms with Crippen LogP contribution in [0.25, 0.3) is 0 Å². The number of aryl methyl sites for hydroxylation is 1. The van der Waals surface area contributed by atoms with Crippen molar-refractivity contribution in [1.29, 1.82) is 0 Å². The number of nitrogens with one attached hydrogen (secondary N) is 1. The fraction of sp³-hybridized carbons (Fsp3) is 0.750. The number of nitrogens with zero attached hydrogens (tertiary/aromatic N) is 2. The van der Waals surface area contributed by atoms with Gasteiger partial charge in [0, 0.05) is 30.5 Å². The Hall–Kier alpha value is -1.36. The molecule has 3 rings (SSSR count). The van der Waals surface area contributed by atoms with Crippen LogP contribution in [-0.2, 0) is 12.8 Å². The van der Waals surface area contributed by atoms with Crippen LogP contribution >= 0.6 is 0 Å². The Morgan fingerprint density at radius 2 is 2.14 bits per heavy atom. The summed E-state index contributed by atoms with van der Waals surface area (Å²) in [4.78, 5) is 14.8. The summed E-state index contributed by atoms with van der Waals surface area (Å²) in [5.74, 6) is 0.253. The molecular formula is C16H25N3O2. The molecule has 1 amide bonds. The lowest BCUT2D eigenvalue weighted by Gasteiger charge is -2.37. The standard InChI is InChI=1S/C16H25N3O2/c1-11-7-8-12(10-20)9-19(11)16(21)15-13-5-3-2-4-6-14(13)17-18-15/h11-12,20H,2-10H2,1H3,(H,17,18)/t11-,12+/m0/s1. The molecule has 0 spiro atoms. The molecule has 1 fully saturated rings. The maximum absolute atomic E-state index is 12.9. The first-order chi connectivity index (χ1) is 10.2. The molecule has 0 radical (unpaired) electrons. The number of aromatic amines is 1. The van der Waals surface area contributed by atoms with E-state index < -0.39 is 0 Å². The average Bonchev–Trinajstić information content (AvgIpc) is 2.76. The predicted octanol–water partition coefficient (Wildman–Crippen LogP) is 1.91. The van der Waals surface area contributed by atoms with Crippen LogP contribution in [0.2, 0.25) is 0 Å². The third-order valence-corrected chi connectivity index (χ3v) is 5.01. The second-order valence-corrected chi connectivity index (χ2v) is 6.52. The molecule has 2 heterocycles. The normalized spacial score (nSPS) is 26.3. The van der Waals surface area contributed by atoms with Gasteiger partial charge in [-0.25, -0.2) is 0 Å². The number of aliphatic hydroxyl groups excluding tert-OH is 1. The molecule has 1 saturated heterocycles.